The number of hydrogen-bond donors (Lipinski definition) is 0. The summed E-state index contributed by atoms with van der Waals surface area (Å²) in [5.74, 6) is 0.873. The number of rotatable bonds is 5. The predicted molar refractivity (Wildman–Crippen MR) is 110 cm³/mol. The van der Waals surface area contributed by atoms with Crippen LogP contribution in [0.2, 0.25) is 0 Å². The van der Waals surface area contributed by atoms with Crippen molar-refractivity contribution in [2.45, 2.75) is 12.8 Å². The summed E-state index contributed by atoms with van der Waals surface area (Å²) in [7, 11) is 0. The van der Waals surface area contributed by atoms with Crippen molar-refractivity contribution in [3.8, 4) is 11.5 Å². The number of benzene rings is 2. The van der Waals surface area contributed by atoms with Crippen molar-refractivity contribution in [1.29, 1.82) is 0 Å². The molecule has 2 aliphatic rings. The number of aromatic nitrogens is 1. The number of esters is 1. The second-order valence-corrected chi connectivity index (χ2v) is 7.31. The monoisotopic (exact) mass is 404 g/mol. The van der Waals surface area contributed by atoms with Crippen LogP contribution in [0.3, 0.4) is 0 Å². The van der Waals surface area contributed by atoms with Gasteiger partial charge in [0.15, 0.2) is 23.9 Å². The summed E-state index contributed by atoms with van der Waals surface area (Å²) in [6.45, 7) is 1.48. The van der Waals surface area contributed by atoms with Crippen LogP contribution >= 0.6 is 0 Å². The van der Waals surface area contributed by atoms with Gasteiger partial charge in [0.25, 0.3) is 0 Å². The van der Waals surface area contributed by atoms with Gasteiger partial charge in [0, 0.05) is 24.0 Å². The molecule has 7 nitrogen and oxygen atoms in total. The van der Waals surface area contributed by atoms with Gasteiger partial charge in [-0.3, -0.25) is 4.79 Å². The fourth-order valence-electron chi connectivity index (χ4n) is 3.79. The maximum Gasteiger partial charge on any atom is 0.342 e. The van der Waals surface area contributed by atoms with Gasteiger partial charge in [0.05, 0.1) is 5.52 Å². The minimum atomic E-state index is -0.552. The molecule has 7 heteroatoms. The average Bonchev–Trinajstić information content (AvgIpc) is 3.47. The number of hydrogen-bond acceptors (Lipinski definition) is 7. The molecular formula is C23H20N2O5. The number of nitrogens with zero attached hydrogens (tertiary/aromatic N) is 2. The van der Waals surface area contributed by atoms with Gasteiger partial charge in [-0.25, -0.2) is 9.78 Å². The lowest BCUT2D eigenvalue weighted by Crippen LogP contribution is -2.23. The van der Waals surface area contributed by atoms with Gasteiger partial charge in [-0.05, 0) is 43.2 Å². The van der Waals surface area contributed by atoms with E-state index in [1.54, 1.807) is 24.3 Å². The molecule has 1 aromatic heterocycles. The van der Waals surface area contributed by atoms with Gasteiger partial charge in [-0.1, -0.05) is 18.2 Å². The molecule has 3 aromatic rings. The largest absolute Gasteiger partial charge is 0.454 e. The first-order valence-electron chi connectivity index (χ1n) is 9.94. The average molecular weight is 404 g/mol. The summed E-state index contributed by atoms with van der Waals surface area (Å²) in [5.41, 5.74) is 1.62. The molecule has 0 unspecified atom stereocenters. The number of Topliss-reactive ketones (excluding diaryl/α,β-unsaturated/α-hetero) is 1. The van der Waals surface area contributed by atoms with Crippen molar-refractivity contribution in [2.75, 3.05) is 31.4 Å². The second-order valence-electron chi connectivity index (χ2n) is 7.31. The number of ether oxygens (including phenoxy) is 3. The Morgan fingerprint density at radius 1 is 1.00 bits per heavy atom. The summed E-state index contributed by atoms with van der Waals surface area (Å²) in [6.07, 6.45) is 2.12. The molecule has 152 valence electrons. The Bertz CT molecular complexity index is 1140. The van der Waals surface area contributed by atoms with Crippen molar-refractivity contribution in [3.05, 3.63) is 59.7 Å². The number of pyridine rings is 1. The van der Waals surface area contributed by atoms with Gasteiger partial charge in [0.2, 0.25) is 6.79 Å². The predicted octanol–water partition coefficient (Wildman–Crippen LogP) is 3.60. The Balaban J connectivity index is 1.37. The van der Waals surface area contributed by atoms with E-state index in [1.807, 2.05) is 24.3 Å². The van der Waals surface area contributed by atoms with E-state index in [0.717, 1.165) is 36.8 Å². The lowest BCUT2D eigenvalue weighted by molar-refractivity contribution is 0.0475. The molecule has 0 atom stereocenters. The molecule has 0 spiro atoms. The van der Waals surface area contributed by atoms with Crippen LogP contribution in [0.1, 0.15) is 33.6 Å². The molecule has 0 aliphatic carbocycles. The van der Waals surface area contributed by atoms with Crippen LogP contribution in [-0.4, -0.2) is 43.2 Å². The van der Waals surface area contributed by atoms with Crippen molar-refractivity contribution in [1.82, 2.24) is 4.98 Å². The standard InChI is InChI=1S/C23H20N2O5/c26-19(16-7-8-20-21(12-16)30-14-29-20)13-28-23(27)17-11-15-5-1-2-6-18(15)24-22(17)25-9-3-4-10-25/h1-2,5-8,11-12H,3-4,9-10,13-14H2. The van der Waals surface area contributed by atoms with Crippen LogP contribution in [-0.2, 0) is 4.74 Å². The molecule has 0 bridgehead atoms. The normalized spacial score (nSPS) is 14.9. The fourth-order valence-corrected chi connectivity index (χ4v) is 3.79. The molecular weight excluding hydrogens is 384 g/mol. The zero-order valence-electron chi connectivity index (χ0n) is 16.3. The Labute approximate surface area is 173 Å². The third-order valence-electron chi connectivity index (χ3n) is 5.36. The number of carbonyl (C=O) groups is 2. The smallest absolute Gasteiger partial charge is 0.342 e. The van der Waals surface area contributed by atoms with Gasteiger partial charge < -0.3 is 19.1 Å². The maximum atomic E-state index is 12.9. The number of fused-ring (bicyclic) bond motifs is 2. The van der Waals surface area contributed by atoms with Gasteiger partial charge in [-0.15, -0.1) is 0 Å². The molecule has 2 aromatic carbocycles. The zero-order chi connectivity index (χ0) is 20.5. The van der Waals surface area contributed by atoms with E-state index in [1.165, 1.54) is 0 Å². The van der Waals surface area contributed by atoms with E-state index < -0.39 is 5.97 Å². The lowest BCUT2D eigenvalue weighted by atomic mass is 10.1. The van der Waals surface area contributed by atoms with Crippen molar-refractivity contribution in [2.24, 2.45) is 0 Å². The van der Waals surface area contributed by atoms with Crippen LogP contribution in [0, 0.1) is 0 Å². The van der Waals surface area contributed by atoms with Crippen LogP contribution in [0.15, 0.2) is 48.5 Å². The minimum absolute atomic E-state index is 0.135. The lowest BCUT2D eigenvalue weighted by Gasteiger charge is -2.20. The third-order valence-corrected chi connectivity index (χ3v) is 5.36. The Morgan fingerprint density at radius 2 is 1.80 bits per heavy atom. The first kappa shape index (κ1) is 18.4. The molecule has 0 amide bonds. The third kappa shape index (κ3) is 3.43. The van der Waals surface area contributed by atoms with E-state index in [0.29, 0.717) is 28.4 Å². The highest BCUT2D eigenvalue weighted by atomic mass is 16.7. The van der Waals surface area contributed by atoms with E-state index >= 15 is 0 Å². The van der Waals surface area contributed by atoms with Crippen LogP contribution in [0.4, 0.5) is 5.82 Å². The van der Waals surface area contributed by atoms with Crippen molar-refractivity contribution >= 4 is 28.5 Å². The van der Waals surface area contributed by atoms with Crippen LogP contribution in [0.25, 0.3) is 10.9 Å². The molecule has 1 saturated heterocycles. The number of ketones is 1. The van der Waals surface area contributed by atoms with Gasteiger partial charge in [0.1, 0.15) is 11.4 Å². The van der Waals surface area contributed by atoms with E-state index in [9.17, 15) is 9.59 Å². The van der Waals surface area contributed by atoms with Crippen LogP contribution in [0.5, 0.6) is 11.5 Å². The maximum absolute atomic E-state index is 12.9. The SMILES string of the molecule is O=C(COC(=O)c1cc2ccccc2nc1N1CCCC1)c1ccc2c(c1)OCO2. The van der Waals surface area contributed by atoms with E-state index in [-0.39, 0.29) is 19.2 Å². The highest BCUT2D eigenvalue weighted by Crippen LogP contribution is 2.32. The first-order valence-corrected chi connectivity index (χ1v) is 9.94. The van der Waals surface area contributed by atoms with Gasteiger partial charge >= 0.3 is 5.97 Å². The minimum Gasteiger partial charge on any atom is -0.454 e. The first-order chi connectivity index (χ1) is 14.7. The van der Waals surface area contributed by atoms with Crippen molar-refractivity contribution in [3.63, 3.8) is 0 Å². The van der Waals surface area contributed by atoms with E-state index in [2.05, 4.69) is 4.90 Å². The molecule has 30 heavy (non-hydrogen) atoms. The quantitative estimate of drug-likeness (QED) is 0.475. The van der Waals surface area contributed by atoms with E-state index in [4.69, 9.17) is 19.2 Å². The molecule has 5 rings (SSSR count). The Hall–Kier alpha value is -3.61. The number of para-hydroxylation sites is 1. The van der Waals surface area contributed by atoms with Gasteiger partial charge in [-0.2, -0.15) is 0 Å². The molecule has 3 heterocycles. The number of anilines is 1. The summed E-state index contributed by atoms with van der Waals surface area (Å²) in [5, 5.41) is 0.856. The zero-order valence-corrected chi connectivity index (χ0v) is 16.3. The second kappa shape index (κ2) is 7.67. The Morgan fingerprint density at radius 3 is 2.67 bits per heavy atom. The molecule has 2 aliphatic heterocycles. The Kier molecular flexibility index (Phi) is 4.71. The van der Waals surface area contributed by atoms with Crippen molar-refractivity contribution < 1.29 is 23.8 Å². The number of carbonyl (C=O) groups excluding carboxylic acids is 2. The van der Waals surface area contributed by atoms with Crippen LogP contribution < -0.4 is 14.4 Å². The molecule has 0 radical (unpaired) electrons. The summed E-state index contributed by atoms with van der Waals surface area (Å²) in [4.78, 5) is 32.2. The molecule has 1 fully saturated rings. The highest BCUT2D eigenvalue weighted by molar-refractivity contribution is 6.02. The summed E-state index contributed by atoms with van der Waals surface area (Å²) >= 11 is 0. The molecule has 0 N–H and O–H groups in total. The molecule has 0 saturated carbocycles. The fraction of sp³-hybridized carbons (Fsp3) is 0.261. The topological polar surface area (TPSA) is 78.0 Å². The highest BCUT2D eigenvalue weighted by Gasteiger charge is 2.24. The summed E-state index contributed by atoms with van der Waals surface area (Å²) < 4.78 is 15.9. The summed E-state index contributed by atoms with van der Waals surface area (Å²) in [6, 6.07) is 14.4.